The van der Waals surface area contributed by atoms with Crippen molar-refractivity contribution in [1.29, 1.82) is 0 Å². The monoisotopic (exact) mass is 379 g/mol. The fourth-order valence-electron chi connectivity index (χ4n) is 1.76. The number of benzene rings is 1. The summed E-state index contributed by atoms with van der Waals surface area (Å²) in [5, 5.41) is 12.5. The summed E-state index contributed by atoms with van der Waals surface area (Å²) in [4.78, 5) is 0. The second-order valence-corrected chi connectivity index (χ2v) is 5.37. The van der Waals surface area contributed by atoms with E-state index in [2.05, 4.69) is 40.9 Å². The molecule has 2 N–H and O–H groups in total. The van der Waals surface area contributed by atoms with Crippen molar-refractivity contribution in [1.82, 2.24) is 5.32 Å². The third-order valence-corrected chi connectivity index (χ3v) is 3.69. The molecule has 4 nitrogen and oxygen atoms in total. The number of nitrogens with one attached hydrogen (secondary N) is 1. The van der Waals surface area contributed by atoms with Crippen LogP contribution in [0.3, 0.4) is 0 Å². The first-order valence-corrected chi connectivity index (χ1v) is 7.57. The lowest BCUT2D eigenvalue weighted by Gasteiger charge is -2.16. The lowest BCUT2D eigenvalue weighted by atomic mass is 10.1. The van der Waals surface area contributed by atoms with Gasteiger partial charge in [-0.05, 0) is 53.6 Å². The summed E-state index contributed by atoms with van der Waals surface area (Å²) in [6.07, 6.45) is 0.905. The molecule has 5 heteroatoms. The Kier molecular flexibility index (Phi) is 7.48. The molecule has 0 aliphatic carbocycles. The lowest BCUT2D eigenvalue weighted by molar-refractivity contribution is 0.238. The second kappa shape index (κ2) is 8.60. The van der Waals surface area contributed by atoms with Gasteiger partial charge in [-0.3, -0.25) is 0 Å². The van der Waals surface area contributed by atoms with Crippen molar-refractivity contribution in [3.63, 3.8) is 0 Å². The van der Waals surface area contributed by atoms with Crippen LogP contribution in [0, 0.1) is 3.57 Å². The number of ether oxygens (including phenoxy) is 2. The molecule has 19 heavy (non-hydrogen) atoms. The van der Waals surface area contributed by atoms with Crippen molar-refractivity contribution in [2.45, 2.75) is 32.9 Å². The van der Waals surface area contributed by atoms with Crippen LogP contribution in [0.5, 0.6) is 11.5 Å². The molecule has 0 fully saturated rings. The van der Waals surface area contributed by atoms with Crippen LogP contribution in [-0.2, 0) is 6.54 Å². The highest BCUT2D eigenvalue weighted by atomic mass is 127. The smallest absolute Gasteiger partial charge is 0.174 e. The van der Waals surface area contributed by atoms with E-state index in [1.165, 1.54) is 0 Å². The maximum atomic E-state index is 9.16. The van der Waals surface area contributed by atoms with Crippen LogP contribution in [0.2, 0.25) is 0 Å². The molecule has 0 spiro atoms. The molecule has 0 bridgehead atoms. The predicted molar refractivity (Wildman–Crippen MR) is 84.9 cm³/mol. The third kappa shape index (κ3) is 4.81. The molecule has 0 heterocycles. The van der Waals surface area contributed by atoms with E-state index < -0.39 is 0 Å². The Morgan fingerprint density at radius 1 is 1.37 bits per heavy atom. The molecule has 0 radical (unpaired) electrons. The van der Waals surface area contributed by atoms with Crippen molar-refractivity contribution < 1.29 is 14.6 Å². The van der Waals surface area contributed by atoms with Crippen LogP contribution in [0.15, 0.2) is 12.1 Å². The number of halogens is 1. The van der Waals surface area contributed by atoms with E-state index in [1.54, 1.807) is 7.11 Å². The fraction of sp³-hybridized carbons (Fsp3) is 0.571. The first-order chi connectivity index (χ1) is 9.15. The molecule has 1 rings (SSSR count). The van der Waals surface area contributed by atoms with Gasteiger partial charge < -0.3 is 19.9 Å². The normalized spacial score (nSPS) is 12.3. The zero-order valence-electron chi connectivity index (χ0n) is 11.7. The molecule has 0 saturated heterocycles. The summed E-state index contributed by atoms with van der Waals surface area (Å²) in [5.74, 6) is 1.55. The molecule has 0 unspecified atom stereocenters. The number of aliphatic hydroxyl groups excluding tert-OH is 1. The van der Waals surface area contributed by atoms with Gasteiger partial charge in [-0.25, -0.2) is 0 Å². The topological polar surface area (TPSA) is 50.7 Å². The molecule has 0 aromatic heterocycles. The Bertz CT molecular complexity index is 395. The van der Waals surface area contributed by atoms with Crippen molar-refractivity contribution in [2.75, 3.05) is 20.3 Å². The minimum Gasteiger partial charge on any atom is -0.493 e. The predicted octanol–water partition coefficient (Wildman–Crippen LogP) is 2.56. The quantitative estimate of drug-likeness (QED) is 0.682. The molecule has 1 aromatic carbocycles. The van der Waals surface area contributed by atoms with Gasteiger partial charge in [0, 0.05) is 12.6 Å². The zero-order valence-corrected chi connectivity index (χ0v) is 13.9. The van der Waals surface area contributed by atoms with E-state index >= 15 is 0 Å². The largest absolute Gasteiger partial charge is 0.493 e. The maximum absolute atomic E-state index is 9.16. The van der Waals surface area contributed by atoms with E-state index in [4.69, 9.17) is 14.6 Å². The molecule has 0 aliphatic heterocycles. The molecule has 0 aliphatic rings. The Morgan fingerprint density at radius 2 is 2.11 bits per heavy atom. The number of hydrogen-bond acceptors (Lipinski definition) is 4. The number of hydrogen-bond donors (Lipinski definition) is 2. The summed E-state index contributed by atoms with van der Waals surface area (Å²) in [7, 11) is 1.65. The highest BCUT2D eigenvalue weighted by Gasteiger charge is 2.12. The zero-order chi connectivity index (χ0) is 14.3. The molecule has 0 saturated carbocycles. The molecule has 108 valence electrons. The Labute approximate surface area is 128 Å². The van der Waals surface area contributed by atoms with Crippen LogP contribution in [0.25, 0.3) is 0 Å². The maximum Gasteiger partial charge on any atom is 0.174 e. The first kappa shape index (κ1) is 16.5. The van der Waals surface area contributed by atoms with Crippen molar-refractivity contribution in [2.24, 2.45) is 0 Å². The van der Waals surface area contributed by atoms with Gasteiger partial charge in [0.15, 0.2) is 11.5 Å². The summed E-state index contributed by atoms with van der Waals surface area (Å²) in [6, 6.07) is 4.19. The standard InChI is InChI=1S/C14H22INO3/c1-4-11(9-17)16-8-10-6-12(15)14(19-5-2)13(7-10)18-3/h6-7,11,16-17H,4-5,8-9H2,1-3H3/t11-/m0/s1. The van der Waals surface area contributed by atoms with Crippen LogP contribution in [0.1, 0.15) is 25.8 Å². The van der Waals surface area contributed by atoms with Crippen molar-refractivity contribution >= 4 is 22.6 Å². The third-order valence-electron chi connectivity index (χ3n) is 2.89. The van der Waals surface area contributed by atoms with Crippen molar-refractivity contribution in [3.05, 3.63) is 21.3 Å². The van der Waals surface area contributed by atoms with Gasteiger partial charge in [-0.2, -0.15) is 0 Å². The summed E-state index contributed by atoms with van der Waals surface area (Å²) in [6.45, 7) is 5.49. The second-order valence-electron chi connectivity index (χ2n) is 4.21. The molecule has 1 atom stereocenters. The van der Waals surface area contributed by atoms with Gasteiger partial charge in [-0.1, -0.05) is 6.92 Å². The molecular weight excluding hydrogens is 357 g/mol. The number of rotatable bonds is 8. The van der Waals surface area contributed by atoms with E-state index in [0.717, 1.165) is 27.1 Å². The van der Waals surface area contributed by atoms with Gasteiger partial charge in [0.2, 0.25) is 0 Å². The minimum atomic E-state index is 0.134. The molecular formula is C14H22INO3. The van der Waals surface area contributed by atoms with Crippen LogP contribution >= 0.6 is 22.6 Å². The average molecular weight is 379 g/mol. The Hall–Kier alpha value is -0.530. The average Bonchev–Trinajstić information content (AvgIpc) is 2.42. The minimum absolute atomic E-state index is 0.134. The Balaban J connectivity index is 2.83. The van der Waals surface area contributed by atoms with E-state index in [9.17, 15) is 0 Å². The summed E-state index contributed by atoms with van der Waals surface area (Å²) in [5.41, 5.74) is 1.12. The highest BCUT2D eigenvalue weighted by Crippen LogP contribution is 2.33. The van der Waals surface area contributed by atoms with Gasteiger partial charge in [0.25, 0.3) is 0 Å². The molecule has 1 aromatic rings. The van der Waals surface area contributed by atoms with Gasteiger partial charge in [0.1, 0.15) is 0 Å². The Morgan fingerprint density at radius 3 is 2.63 bits per heavy atom. The van der Waals surface area contributed by atoms with Crippen LogP contribution in [0.4, 0.5) is 0 Å². The summed E-state index contributed by atoms with van der Waals surface area (Å²) >= 11 is 2.25. The van der Waals surface area contributed by atoms with E-state index in [0.29, 0.717) is 13.2 Å². The van der Waals surface area contributed by atoms with E-state index in [-0.39, 0.29) is 12.6 Å². The number of methoxy groups -OCH3 is 1. The van der Waals surface area contributed by atoms with Gasteiger partial charge in [-0.15, -0.1) is 0 Å². The SMILES string of the molecule is CCOc1c(I)cc(CN[C@@H](CC)CO)cc1OC. The van der Waals surface area contributed by atoms with Gasteiger partial charge >= 0.3 is 0 Å². The van der Waals surface area contributed by atoms with Gasteiger partial charge in [0.05, 0.1) is 23.9 Å². The van der Waals surface area contributed by atoms with E-state index in [1.807, 2.05) is 13.0 Å². The first-order valence-electron chi connectivity index (χ1n) is 6.49. The summed E-state index contributed by atoms with van der Waals surface area (Å²) < 4.78 is 12.0. The van der Waals surface area contributed by atoms with Crippen LogP contribution in [-0.4, -0.2) is 31.5 Å². The highest BCUT2D eigenvalue weighted by molar-refractivity contribution is 14.1. The molecule has 0 amide bonds. The number of aliphatic hydroxyl groups is 1. The fourth-order valence-corrected chi connectivity index (χ4v) is 2.58. The van der Waals surface area contributed by atoms with Crippen molar-refractivity contribution in [3.8, 4) is 11.5 Å². The lowest BCUT2D eigenvalue weighted by Crippen LogP contribution is -2.31. The van der Waals surface area contributed by atoms with Crippen LogP contribution < -0.4 is 14.8 Å².